The minimum atomic E-state index is -0.807. The fourth-order valence-electron chi connectivity index (χ4n) is 2.30. The first-order chi connectivity index (χ1) is 13.0. The quantitative estimate of drug-likeness (QED) is 0.355. The van der Waals surface area contributed by atoms with Crippen LogP contribution in [0.2, 0.25) is 0 Å². The number of H-pyrrole nitrogens is 1. The van der Waals surface area contributed by atoms with Crippen LogP contribution in [0.1, 0.15) is 5.56 Å². The van der Waals surface area contributed by atoms with Gasteiger partial charge in [0.2, 0.25) is 5.88 Å². The predicted molar refractivity (Wildman–Crippen MR) is 98.6 cm³/mol. The first kappa shape index (κ1) is 17.6. The van der Waals surface area contributed by atoms with E-state index < -0.39 is 22.1 Å². The summed E-state index contributed by atoms with van der Waals surface area (Å²) in [6.07, 6.45) is 1.05. The number of nitrogens with zero attached hydrogens (tertiary/aromatic N) is 3. The first-order valence-electron chi connectivity index (χ1n) is 7.64. The third kappa shape index (κ3) is 3.74. The molecule has 10 nitrogen and oxygen atoms in total. The molecule has 1 aromatic heterocycles. The van der Waals surface area contributed by atoms with Gasteiger partial charge in [-0.25, -0.2) is 9.36 Å². The van der Waals surface area contributed by atoms with E-state index in [1.165, 1.54) is 24.3 Å². The maximum atomic E-state index is 12.0. The standard InChI is InChI=1S/C17H13N5O5/c23-15-14(10-18-20-11-6-8-13(9-7-11)22(26)27)16(24)21(17(25)19-15)12-4-2-1-3-5-12/h1-10,20,24H,(H,19,23,25)/b18-10+. The molecule has 3 aromatic rings. The van der Waals surface area contributed by atoms with E-state index in [9.17, 15) is 24.8 Å². The third-order valence-electron chi connectivity index (χ3n) is 3.60. The van der Waals surface area contributed by atoms with E-state index in [0.29, 0.717) is 11.4 Å². The van der Waals surface area contributed by atoms with Gasteiger partial charge in [0.05, 0.1) is 22.5 Å². The molecule has 0 spiro atoms. The Labute approximate surface area is 151 Å². The summed E-state index contributed by atoms with van der Waals surface area (Å²) in [6, 6.07) is 13.7. The lowest BCUT2D eigenvalue weighted by atomic mass is 10.3. The molecule has 0 aliphatic carbocycles. The van der Waals surface area contributed by atoms with Crippen LogP contribution in [0.25, 0.3) is 5.69 Å². The second-order valence-electron chi connectivity index (χ2n) is 5.34. The molecule has 10 heteroatoms. The molecule has 3 rings (SSSR count). The monoisotopic (exact) mass is 367 g/mol. The van der Waals surface area contributed by atoms with E-state index in [0.717, 1.165) is 10.8 Å². The lowest BCUT2D eigenvalue weighted by Gasteiger charge is -2.09. The van der Waals surface area contributed by atoms with Crippen LogP contribution >= 0.6 is 0 Å². The molecule has 0 saturated heterocycles. The zero-order valence-electron chi connectivity index (χ0n) is 13.7. The van der Waals surface area contributed by atoms with E-state index in [-0.39, 0.29) is 11.3 Å². The number of anilines is 1. The van der Waals surface area contributed by atoms with Crippen LogP contribution in [-0.2, 0) is 0 Å². The van der Waals surface area contributed by atoms with Gasteiger partial charge in [0, 0.05) is 12.1 Å². The highest BCUT2D eigenvalue weighted by Gasteiger charge is 2.13. The fraction of sp³-hybridized carbons (Fsp3) is 0. The van der Waals surface area contributed by atoms with Crippen molar-refractivity contribution in [1.82, 2.24) is 9.55 Å². The molecule has 27 heavy (non-hydrogen) atoms. The smallest absolute Gasteiger partial charge is 0.335 e. The Balaban J connectivity index is 1.90. The molecule has 0 amide bonds. The number of aromatic amines is 1. The van der Waals surface area contributed by atoms with E-state index in [2.05, 4.69) is 15.5 Å². The molecule has 3 N–H and O–H groups in total. The van der Waals surface area contributed by atoms with Gasteiger partial charge >= 0.3 is 5.69 Å². The van der Waals surface area contributed by atoms with Crippen molar-refractivity contribution in [2.45, 2.75) is 0 Å². The zero-order valence-corrected chi connectivity index (χ0v) is 13.7. The summed E-state index contributed by atoms with van der Waals surface area (Å²) < 4.78 is 0.939. The number of rotatable bonds is 5. The highest BCUT2D eigenvalue weighted by molar-refractivity contribution is 5.82. The molecule has 0 saturated carbocycles. The number of nitro groups is 1. The van der Waals surface area contributed by atoms with Crippen LogP contribution < -0.4 is 16.7 Å². The predicted octanol–water partition coefficient (Wildman–Crippen LogP) is 1.59. The van der Waals surface area contributed by atoms with Gasteiger partial charge in [-0.1, -0.05) is 18.2 Å². The largest absolute Gasteiger partial charge is 0.493 e. The van der Waals surface area contributed by atoms with Crippen molar-refractivity contribution in [2.24, 2.45) is 5.10 Å². The van der Waals surface area contributed by atoms with Crippen LogP contribution in [0.4, 0.5) is 11.4 Å². The Hall–Kier alpha value is -4.21. The lowest BCUT2D eigenvalue weighted by molar-refractivity contribution is -0.384. The summed E-state index contributed by atoms with van der Waals surface area (Å²) in [6.45, 7) is 0. The minimum Gasteiger partial charge on any atom is -0.493 e. The Morgan fingerprint density at radius 3 is 2.41 bits per heavy atom. The summed E-state index contributed by atoms with van der Waals surface area (Å²) in [4.78, 5) is 36.2. The van der Waals surface area contributed by atoms with Gasteiger partial charge in [0.15, 0.2) is 0 Å². The van der Waals surface area contributed by atoms with Crippen LogP contribution in [0.3, 0.4) is 0 Å². The number of nitrogens with one attached hydrogen (secondary N) is 2. The van der Waals surface area contributed by atoms with E-state index in [1.807, 2.05) is 0 Å². The van der Waals surface area contributed by atoms with Gasteiger partial charge in [0.1, 0.15) is 5.56 Å². The van der Waals surface area contributed by atoms with Crippen molar-refractivity contribution >= 4 is 17.6 Å². The molecule has 1 heterocycles. The van der Waals surface area contributed by atoms with Crippen LogP contribution in [0.15, 0.2) is 69.3 Å². The van der Waals surface area contributed by atoms with Crippen molar-refractivity contribution < 1.29 is 10.0 Å². The number of aromatic nitrogens is 2. The van der Waals surface area contributed by atoms with Gasteiger partial charge in [0.25, 0.3) is 11.2 Å². The van der Waals surface area contributed by atoms with Gasteiger partial charge in [-0.05, 0) is 24.3 Å². The number of hydrazone groups is 1. The average Bonchev–Trinajstić information content (AvgIpc) is 2.65. The summed E-state index contributed by atoms with van der Waals surface area (Å²) >= 11 is 0. The normalized spacial score (nSPS) is 10.8. The molecule has 0 aliphatic rings. The van der Waals surface area contributed by atoms with Gasteiger partial charge < -0.3 is 5.11 Å². The first-order valence-corrected chi connectivity index (χ1v) is 7.64. The number of aromatic hydroxyl groups is 1. The van der Waals surface area contributed by atoms with Crippen LogP contribution in [0.5, 0.6) is 5.88 Å². The van der Waals surface area contributed by atoms with Crippen molar-refractivity contribution in [3.05, 3.63) is 91.1 Å². The summed E-state index contributed by atoms with van der Waals surface area (Å²) in [7, 11) is 0. The lowest BCUT2D eigenvalue weighted by Crippen LogP contribution is -2.31. The van der Waals surface area contributed by atoms with Gasteiger partial charge in [-0.3, -0.25) is 25.3 Å². The van der Waals surface area contributed by atoms with Crippen LogP contribution in [-0.4, -0.2) is 25.8 Å². The van der Waals surface area contributed by atoms with Gasteiger partial charge in [-0.15, -0.1) is 0 Å². The topological polar surface area (TPSA) is 143 Å². The number of para-hydroxylation sites is 1. The number of hydrogen-bond donors (Lipinski definition) is 3. The summed E-state index contributed by atoms with van der Waals surface area (Å²) in [5.41, 5.74) is 1.49. The van der Waals surface area contributed by atoms with Crippen molar-refractivity contribution in [1.29, 1.82) is 0 Å². The highest BCUT2D eigenvalue weighted by atomic mass is 16.6. The minimum absolute atomic E-state index is 0.0754. The molecule has 0 radical (unpaired) electrons. The maximum Gasteiger partial charge on any atom is 0.335 e. The van der Waals surface area contributed by atoms with E-state index >= 15 is 0 Å². The van der Waals surface area contributed by atoms with E-state index in [1.54, 1.807) is 30.3 Å². The third-order valence-corrected chi connectivity index (χ3v) is 3.60. The Kier molecular flexibility index (Phi) is 4.79. The van der Waals surface area contributed by atoms with Crippen molar-refractivity contribution in [3.8, 4) is 11.6 Å². The van der Waals surface area contributed by atoms with Crippen LogP contribution in [0, 0.1) is 10.1 Å². The molecule has 0 bridgehead atoms. The SMILES string of the molecule is O=c1[nH]c(=O)n(-c2ccccc2)c(O)c1/C=N/Nc1ccc([N+](=O)[O-])cc1. The summed E-state index contributed by atoms with van der Waals surface area (Å²) in [5, 5.41) is 24.8. The molecule has 136 valence electrons. The number of benzene rings is 2. The fourth-order valence-corrected chi connectivity index (χ4v) is 2.30. The molecule has 0 fully saturated rings. The Morgan fingerprint density at radius 1 is 1.11 bits per heavy atom. The second-order valence-corrected chi connectivity index (χ2v) is 5.34. The van der Waals surface area contributed by atoms with Crippen molar-refractivity contribution in [3.63, 3.8) is 0 Å². The molecular formula is C17H13N5O5. The summed E-state index contributed by atoms with van der Waals surface area (Å²) in [5.74, 6) is -0.566. The maximum absolute atomic E-state index is 12.0. The molecule has 0 atom stereocenters. The second kappa shape index (κ2) is 7.35. The molecule has 0 unspecified atom stereocenters. The molecule has 2 aromatic carbocycles. The number of hydrogen-bond acceptors (Lipinski definition) is 7. The Bertz CT molecular complexity index is 1120. The molecule has 0 aliphatic heterocycles. The highest BCUT2D eigenvalue weighted by Crippen LogP contribution is 2.16. The van der Waals surface area contributed by atoms with Gasteiger partial charge in [-0.2, -0.15) is 5.10 Å². The average molecular weight is 367 g/mol. The zero-order chi connectivity index (χ0) is 19.4. The number of non-ortho nitro benzene ring substituents is 1. The van der Waals surface area contributed by atoms with E-state index in [4.69, 9.17) is 0 Å². The number of nitro benzene ring substituents is 1. The molecular weight excluding hydrogens is 354 g/mol. The van der Waals surface area contributed by atoms with Crippen molar-refractivity contribution in [2.75, 3.05) is 5.43 Å². The Morgan fingerprint density at radius 2 is 1.78 bits per heavy atom.